The maximum absolute atomic E-state index is 12.7. The molecule has 0 bridgehead atoms. The van der Waals surface area contributed by atoms with Crippen LogP contribution in [-0.4, -0.2) is 41.4 Å². The number of likely N-dealkylation sites (tertiary alicyclic amines) is 1. The van der Waals surface area contributed by atoms with Gasteiger partial charge < -0.3 is 20.9 Å². The van der Waals surface area contributed by atoms with E-state index in [0.717, 1.165) is 32.1 Å². The van der Waals surface area contributed by atoms with Gasteiger partial charge in [0.15, 0.2) is 0 Å². The highest BCUT2D eigenvalue weighted by molar-refractivity contribution is 5.97. The number of urea groups is 1. The fraction of sp³-hybridized carbons (Fsp3) is 0.550. The number of nitrogens with one attached hydrogen (secondary N) is 3. The summed E-state index contributed by atoms with van der Waals surface area (Å²) in [5.41, 5.74) is 1.32. The van der Waals surface area contributed by atoms with Crippen LogP contribution < -0.4 is 16.0 Å². The van der Waals surface area contributed by atoms with E-state index in [1.165, 1.54) is 13.3 Å². The molecule has 7 nitrogen and oxygen atoms in total. The molecule has 1 saturated heterocycles. The lowest BCUT2D eigenvalue weighted by atomic mass is 9.96. The van der Waals surface area contributed by atoms with Gasteiger partial charge in [0, 0.05) is 30.9 Å². The van der Waals surface area contributed by atoms with Crippen molar-refractivity contribution in [2.75, 3.05) is 17.2 Å². The van der Waals surface area contributed by atoms with E-state index in [1.54, 1.807) is 29.2 Å². The summed E-state index contributed by atoms with van der Waals surface area (Å²) >= 11 is 0. The van der Waals surface area contributed by atoms with Crippen molar-refractivity contribution < 1.29 is 14.4 Å². The van der Waals surface area contributed by atoms with Gasteiger partial charge in [-0.05, 0) is 49.9 Å². The third kappa shape index (κ3) is 5.21. The van der Waals surface area contributed by atoms with Gasteiger partial charge in [0.05, 0.1) is 0 Å². The summed E-state index contributed by atoms with van der Waals surface area (Å²) in [5, 5.41) is 8.67. The van der Waals surface area contributed by atoms with Crippen LogP contribution in [0.5, 0.6) is 0 Å². The van der Waals surface area contributed by atoms with Crippen molar-refractivity contribution in [1.29, 1.82) is 0 Å². The Bertz CT molecular complexity index is 683. The van der Waals surface area contributed by atoms with Crippen LogP contribution in [0.15, 0.2) is 24.3 Å². The average molecular weight is 372 g/mol. The number of benzene rings is 1. The zero-order chi connectivity index (χ0) is 19.2. The Morgan fingerprint density at radius 3 is 2.15 bits per heavy atom. The second-order valence-corrected chi connectivity index (χ2v) is 7.38. The predicted octanol–water partition coefficient (Wildman–Crippen LogP) is 3.09. The van der Waals surface area contributed by atoms with E-state index in [4.69, 9.17) is 0 Å². The standard InChI is InChI=1S/C20H28N4O3/c1-14(25)21-16-9-11-17(12-10-16)22-19(26)18-8-5-13-24(18)20(27)23-15-6-3-2-4-7-15/h9-12,15,18H,2-8,13H2,1H3,(H,21,25)(H,22,26)(H,23,27). The summed E-state index contributed by atoms with van der Waals surface area (Å²) in [4.78, 5) is 38.0. The molecule has 4 amide bonds. The molecular formula is C20H28N4O3. The third-order valence-electron chi connectivity index (χ3n) is 5.22. The molecule has 1 heterocycles. The van der Waals surface area contributed by atoms with E-state index < -0.39 is 6.04 Å². The number of anilines is 2. The van der Waals surface area contributed by atoms with Crippen LogP contribution in [0.3, 0.4) is 0 Å². The first-order valence-electron chi connectivity index (χ1n) is 9.78. The second kappa shape index (κ2) is 8.88. The summed E-state index contributed by atoms with van der Waals surface area (Å²) in [6.07, 6.45) is 7.11. The Kier molecular flexibility index (Phi) is 6.32. The van der Waals surface area contributed by atoms with Crippen LogP contribution in [-0.2, 0) is 9.59 Å². The summed E-state index contributed by atoms with van der Waals surface area (Å²) in [5.74, 6) is -0.309. The Labute approximate surface area is 159 Å². The second-order valence-electron chi connectivity index (χ2n) is 7.38. The lowest BCUT2D eigenvalue weighted by Crippen LogP contribution is -2.50. The van der Waals surface area contributed by atoms with E-state index in [0.29, 0.717) is 24.3 Å². The molecule has 2 fully saturated rings. The van der Waals surface area contributed by atoms with Gasteiger partial charge in [-0.25, -0.2) is 4.79 Å². The largest absolute Gasteiger partial charge is 0.335 e. The highest BCUT2D eigenvalue weighted by atomic mass is 16.2. The zero-order valence-corrected chi connectivity index (χ0v) is 15.8. The molecule has 0 spiro atoms. The zero-order valence-electron chi connectivity index (χ0n) is 15.8. The number of amides is 4. The summed E-state index contributed by atoms with van der Waals surface area (Å²) in [7, 11) is 0. The molecule has 1 aromatic carbocycles. The topological polar surface area (TPSA) is 90.5 Å². The Morgan fingerprint density at radius 1 is 0.889 bits per heavy atom. The number of hydrogen-bond donors (Lipinski definition) is 3. The van der Waals surface area contributed by atoms with Gasteiger partial charge in [-0.3, -0.25) is 9.59 Å². The van der Waals surface area contributed by atoms with Crippen LogP contribution in [0.4, 0.5) is 16.2 Å². The molecule has 27 heavy (non-hydrogen) atoms. The molecule has 1 aromatic rings. The van der Waals surface area contributed by atoms with Crippen LogP contribution in [0.25, 0.3) is 0 Å². The van der Waals surface area contributed by atoms with Crippen LogP contribution >= 0.6 is 0 Å². The number of carbonyl (C=O) groups is 3. The highest BCUT2D eigenvalue weighted by Gasteiger charge is 2.35. The molecule has 1 aliphatic heterocycles. The maximum atomic E-state index is 12.7. The quantitative estimate of drug-likeness (QED) is 0.758. The van der Waals surface area contributed by atoms with E-state index in [9.17, 15) is 14.4 Å². The van der Waals surface area contributed by atoms with Crippen molar-refractivity contribution in [3.8, 4) is 0 Å². The molecule has 1 aliphatic carbocycles. The molecule has 2 aliphatic rings. The fourth-order valence-electron chi connectivity index (χ4n) is 3.85. The number of rotatable bonds is 4. The molecule has 3 rings (SSSR count). The smallest absolute Gasteiger partial charge is 0.318 e. The van der Waals surface area contributed by atoms with Gasteiger partial charge in [0.25, 0.3) is 0 Å². The monoisotopic (exact) mass is 372 g/mol. The first-order valence-corrected chi connectivity index (χ1v) is 9.78. The van der Waals surface area contributed by atoms with Gasteiger partial charge in [-0.2, -0.15) is 0 Å². The van der Waals surface area contributed by atoms with Crippen LogP contribution in [0, 0.1) is 0 Å². The normalized spacial score (nSPS) is 20.2. The molecule has 3 N–H and O–H groups in total. The van der Waals surface area contributed by atoms with Crippen molar-refractivity contribution in [2.45, 2.75) is 64.0 Å². The molecule has 0 radical (unpaired) electrons. The SMILES string of the molecule is CC(=O)Nc1ccc(NC(=O)C2CCCN2C(=O)NC2CCCCC2)cc1. The number of hydrogen-bond acceptors (Lipinski definition) is 3. The average Bonchev–Trinajstić information content (AvgIpc) is 3.14. The Hall–Kier alpha value is -2.57. The van der Waals surface area contributed by atoms with E-state index in [2.05, 4.69) is 16.0 Å². The number of nitrogens with zero attached hydrogens (tertiary/aromatic N) is 1. The van der Waals surface area contributed by atoms with E-state index >= 15 is 0 Å². The van der Waals surface area contributed by atoms with Crippen molar-refractivity contribution in [2.24, 2.45) is 0 Å². The molecule has 1 atom stereocenters. The van der Waals surface area contributed by atoms with Crippen molar-refractivity contribution in [3.05, 3.63) is 24.3 Å². The van der Waals surface area contributed by atoms with Crippen LogP contribution in [0.2, 0.25) is 0 Å². The van der Waals surface area contributed by atoms with Crippen molar-refractivity contribution in [3.63, 3.8) is 0 Å². The minimum atomic E-state index is -0.441. The van der Waals surface area contributed by atoms with Gasteiger partial charge in [-0.1, -0.05) is 19.3 Å². The lowest BCUT2D eigenvalue weighted by molar-refractivity contribution is -0.119. The summed E-state index contributed by atoms with van der Waals surface area (Å²) in [6, 6.07) is 6.62. The van der Waals surface area contributed by atoms with Crippen LogP contribution in [0.1, 0.15) is 51.9 Å². The van der Waals surface area contributed by atoms with Crippen molar-refractivity contribution in [1.82, 2.24) is 10.2 Å². The van der Waals surface area contributed by atoms with Crippen molar-refractivity contribution >= 4 is 29.2 Å². The fourth-order valence-corrected chi connectivity index (χ4v) is 3.85. The van der Waals surface area contributed by atoms with Gasteiger partial charge >= 0.3 is 6.03 Å². The molecule has 1 unspecified atom stereocenters. The third-order valence-corrected chi connectivity index (χ3v) is 5.22. The van der Waals surface area contributed by atoms with E-state index in [-0.39, 0.29) is 23.9 Å². The Morgan fingerprint density at radius 2 is 1.52 bits per heavy atom. The first-order chi connectivity index (χ1) is 13.0. The summed E-state index contributed by atoms with van der Waals surface area (Å²) in [6.45, 7) is 2.06. The van der Waals surface area contributed by atoms with Gasteiger partial charge in [0.2, 0.25) is 11.8 Å². The number of carbonyl (C=O) groups excluding carboxylic acids is 3. The molecular weight excluding hydrogens is 344 g/mol. The Balaban J connectivity index is 1.56. The molecule has 146 valence electrons. The van der Waals surface area contributed by atoms with E-state index in [1.807, 2.05) is 0 Å². The van der Waals surface area contributed by atoms with Gasteiger partial charge in [-0.15, -0.1) is 0 Å². The molecule has 0 aromatic heterocycles. The molecule has 7 heteroatoms. The maximum Gasteiger partial charge on any atom is 0.318 e. The lowest BCUT2D eigenvalue weighted by Gasteiger charge is -2.29. The highest BCUT2D eigenvalue weighted by Crippen LogP contribution is 2.22. The first kappa shape index (κ1) is 19.2. The predicted molar refractivity (Wildman–Crippen MR) is 105 cm³/mol. The molecule has 1 saturated carbocycles. The minimum absolute atomic E-state index is 0.124. The minimum Gasteiger partial charge on any atom is -0.335 e. The van der Waals surface area contributed by atoms with Gasteiger partial charge in [0.1, 0.15) is 6.04 Å². The summed E-state index contributed by atoms with van der Waals surface area (Å²) < 4.78 is 0.